The largest absolute Gasteiger partial charge is 0.461 e. The first-order valence-corrected chi connectivity index (χ1v) is 11.8. The molecule has 1 aliphatic heterocycles. The monoisotopic (exact) mass is 422 g/mol. The van der Waals surface area contributed by atoms with E-state index in [2.05, 4.69) is 15.1 Å². The van der Waals surface area contributed by atoms with Crippen molar-refractivity contribution in [3.63, 3.8) is 0 Å². The number of benzene rings is 1. The van der Waals surface area contributed by atoms with Gasteiger partial charge in [-0.1, -0.05) is 42.8 Å². The van der Waals surface area contributed by atoms with Gasteiger partial charge < -0.3 is 9.32 Å². The summed E-state index contributed by atoms with van der Waals surface area (Å²) in [4.78, 5) is 15.3. The molecule has 7 heteroatoms. The fourth-order valence-corrected chi connectivity index (χ4v) is 5.72. The van der Waals surface area contributed by atoms with E-state index in [1.807, 2.05) is 47.0 Å². The molecule has 5 rings (SSSR count). The van der Waals surface area contributed by atoms with Crippen molar-refractivity contribution >= 4 is 17.7 Å². The van der Waals surface area contributed by atoms with Gasteiger partial charge in [0.2, 0.25) is 11.7 Å². The number of para-hydroxylation sites is 1. The van der Waals surface area contributed by atoms with Gasteiger partial charge in [0.1, 0.15) is 0 Å². The molecular formula is C23H26N4O2S. The molecule has 0 N–H and O–H groups in total. The van der Waals surface area contributed by atoms with E-state index in [4.69, 9.17) is 4.42 Å². The number of furan rings is 1. The highest BCUT2D eigenvalue weighted by molar-refractivity contribution is 7.99. The van der Waals surface area contributed by atoms with Crippen LogP contribution in [-0.2, 0) is 4.79 Å². The predicted molar refractivity (Wildman–Crippen MR) is 116 cm³/mol. The van der Waals surface area contributed by atoms with Gasteiger partial charge in [-0.15, -0.1) is 10.2 Å². The van der Waals surface area contributed by atoms with Crippen LogP contribution in [-0.4, -0.2) is 43.9 Å². The van der Waals surface area contributed by atoms with E-state index in [0.717, 1.165) is 25.1 Å². The lowest BCUT2D eigenvalue weighted by Gasteiger charge is -2.44. The van der Waals surface area contributed by atoms with Crippen LogP contribution in [0.3, 0.4) is 0 Å². The second-order valence-corrected chi connectivity index (χ2v) is 9.03. The maximum Gasteiger partial charge on any atom is 0.233 e. The summed E-state index contributed by atoms with van der Waals surface area (Å²) < 4.78 is 7.54. The Labute approximate surface area is 180 Å². The van der Waals surface area contributed by atoms with Crippen molar-refractivity contribution in [2.24, 2.45) is 5.92 Å². The van der Waals surface area contributed by atoms with Gasteiger partial charge >= 0.3 is 0 Å². The Balaban J connectivity index is 1.37. The minimum atomic E-state index is 0.221. The third-order valence-corrected chi connectivity index (χ3v) is 7.19. The van der Waals surface area contributed by atoms with Crippen molar-refractivity contribution in [3.8, 4) is 17.3 Å². The lowest BCUT2D eigenvalue weighted by atomic mass is 9.78. The van der Waals surface area contributed by atoms with Crippen LogP contribution in [0, 0.1) is 5.92 Å². The number of fused-ring (bicyclic) bond motifs is 1. The minimum Gasteiger partial charge on any atom is -0.461 e. The van der Waals surface area contributed by atoms with E-state index in [-0.39, 0.29) is 5.91 Å². The molecule has 1 saturated carbocycles. The zero-order valence-corrected chi connectivity index (χ0v) is 17.8. The van der Waals surface area contributed by atoms with Crippen molar-refractivity contribution in [3.05, 3.63) is 48.7 Å². The molecule has 2 fully saturated rings. The summed E-state index contributed by atoms with van der Waals surface area (Å²) >= 11 is 1.46. The van der Waals surface area contributed by atoms with Gasteiger partial charge in [-0.25, -0.2) is 0 Å². The van der Waals surface area contributed by atoms with Crippen molar-refractivity contribution in [1.82, 2.24) is 19.7 Å². The summed E-state index contributed by atoms with van der Waals surface area (Å²) in [7, 11) is 0. The van der Waals surface area contributed by atoms with E-state index in [1.54, 1.807) is 6.26 Å². The standard InChI is InChI=1S/C23H26N4O2S/c28-21(26-14-6-9-17-8-4-5-12-19(17)26)16-30-23-25-24-22(20-13-7-15-29-20)27(23)18-10-2-1-3-11-18/h1-3,7,10-11,13,15,17,19H,4-6,8-9,12,14,16H2/t17-,19-/m1/s1. The number of carbonyl (C=O) groups excluding carboxylic acids is 1. The molecule has 1 saturated heterocycles. The number of thioether (sulfide) groups is 1. The molecule has 0 radical (unpaired) electrons. The van der Waals surface area contributed by atoms with Gasteiger partial charge in [0.25, 0.3) is 0 Å². The van der Waals surface area contributed by atoms with Crippen LogP contribution in [0.25, 0.3) is 17.3 Å². The molecule has 156 valence electrons. The first-order chi connectivity index (χ1) is 14.8. The van der Waals surface area contributed by atoms with E-state index < -0.39 is 0 Å². The van der Waals surface area contributed by atoms with Crippen molar-refractivity contribution in [2.75, 3.05) is 12.3 Å². The number of carbonyl (C=O) groups is 1. The Bertz CT molecular complexity index is 984. The second kappa shape index (κ2) is 8.68. The van der Waals surface area contributed by atoms with Gasteiger partial charge in [0, 0.05) is 18.3 Å². The fourth-order valence-electron chi connectivity index (χ4n) is 4.88. The molecule has 6 nitrogen and oxygen atoms in total. The predicted octanol–water partition coefficient (Wildman–Crippen LogP) is 4.80. The summed E-state index contributed by atoms with van der Waals surface area (Å²) in [5.74, 6) is 2.60. The van der Waals surface area contributed by atoms with Crippen molar-refractivity contribution in [1.29, 1.82) is 0 Å². The van der Waals surface area contributed by atoms with Crippen LogP contribution in [0.5, 0.6) is 0 Å². The third-order valence-electron chi connectivity index (χ3n) is 6.28. The second-order valence-electron chi connectivity index (χ2n) is 8.08. The molecule has 1 aromatic carbocycles. The number of likely N-dealkylation sites (tertiary alicyclic amines) is 1. The Morgan fingerprint density at radius 3 is 2.70 bits per heavy atom. The zero-order valence-electron chi connectivity index (χ0n) is 16.9. The lowest BCUT2D eigenvalue weighted by molar-refractivity contribution is -0.134. The number of nitrogens with zero attached hydrogens (tertiary/aromatic N) is 4. The maximum atomic E-state index is 13.1. The quantitative estimate of drug-likeness (QED) is 0.553. The topological polar surface area (TPSA) is 64.2 Å². The molecule has 3 heterocycles. The van der Waals surface area contributed by atoms with Gasteiger partial charge in [0.05, 0.1) is 12.0 Å². The Hall–Kier alpha value is -2.54. The van der Waals surface area contributed by atoms with Crippen LogP contribution in [0.2, 0.25) is 0 Å². The van der Waals surface area contributed by atoms with E-state index >= 15 is 0 Å². The summed E-state index contributed by atoms with van der Waals surface area (Å²) in [6.45, 7) is 0.892. The molecule has 1 amide bonds. The maximum absolute atomic E-state index is 13.1. The van der Waals surface area contributed by atoms with Crippen LogP contribution in [0.15, 0.2) is 58.3 Å². The summed E-state index contributed by atoms with van der Waals surface area (Å²) in [6.07, 6.45) is 9.02. The Morgan fingerprint density at radius 2 is 1.87 bits per heavy atom. The summed E-state index contributed by atoms with van der Waals surface area (Å²) in [5.41, 5.74) is 0.953. The SMILES string of the molecule is O=C(CSc1nnc(-c2ccco2)n1-c1ccccc1)N1CCC[C@H]2CCCC[C@H]21. The normalized spacial score (nSPS) is 21.4. The van der Waals surface area contributed by atoms with E-state index in [1.165, 1.54) is 37.4 Å². The molecule has 2 aliphatic rings. The molecule has 3 aromatic rings. The highest BCUT2D eigenvalue weighted by Gasteiger charge is 2.35. The van der Waals surface area contributed by atoms with Gasteiger partial charge in [-0.3, -0.25) is 9.36 Å². The van der Waals surface area contributed by atoms with Crippen molar-refractivity contribution in [2.45, 2.75) is 49.7 Å². The summed E-state index contributed by atoms with van der Waals surface area (Å²) in [5, 5.41) is 9.46. The lowest BCUT2D eigenvalue weighted by Crippen LogP contribution is -2.50. The van der Waals surface area contributed by atoms with Gasteiger partial charge in [-0.2, -0.15) is 0 Å². The smallest absolute Gasteiger partial charge is 0.233 e. The number of rotatable bonds is 5. The molecular weight excluding hydrogens is 396 g/mol. The van der Waals surface area contributed by atoms with Crippen LogP contribution in [0.1, 0.15) is 38.5 Å². The summed E-state index contributed by atoms with van der Waals surface area (Å²) in [6, 6.07) is 14.1. The highest BCUT2D eigenvalue weighted by Crippen LogP contribution is 2.36. The number of piperidine rings is 1. The first-order valence-electron chi connectivity index (χ1n) is 10.8. The number of hydrogen-bond donors (Lipinski definition) is 0. The number of amides is 1. The van der Waals surface area contributed by atoms with E-state index in [9.17, 15) is 4.79 Å². The molecule has 30 heavy (non-hydrogen) atoms. The molecule has 0 spiro atoms. The Morgan fingerprint density at radius 1 is 1.03 bits per heavy atom. The van der Waals surface area contributed by atoms with Crippen molar-refractivity contribution < 1.29 is 9.21 Å². The van der Waals surface area contributed by atoms with Gasteiger partial charge in [-0.05, 0) is 55.9 Å². The highest BCUT2D eigenvalue weighted by atomic mass is 32.2. The van der Waals surface area contributed by atoms with Crippen LogP contribution >= 0.6 is 11.8 Å². The number of hydrogen-bond acceptors (Lipinski definition) is 5. The average molecular weight is 423 g/mol. The molecule has 2 atom stereocenters. The molecule has 0 bridgehead atoms. The van der Waals surface area contributed by atoms with E-state index in [0.29, 0.717) is 34.5 Å². The van der Waals surface area contributed by atoms with Crippen LogP contribution < -0.4 is 0 Å². The molecule has 1 aliphatic carbocycles. The van der Waals surface area contributed by atoms with Gasteiger partial charge in [0.15, 0.2) is 10.9 Å². The zero-order chi connectivity index (χ0) is 20.3. The first kappa shape index (κ1) is 19.4. The number of aromatic nitrogens is 3. The van der Waals surface area contributed by atoms with Crippen LogP contribution in [0.4, 0.5) is 0 Å². The minimum absolute atomic E-state index is 0.221. The third kappa shape index (κ3) is 3.78. The molecule has 2 aromatic heterocycles. The average Bonchev–Trinajstić information content (AvgIpc) is 3.47. The Kier molecular flexibility index (Phi) is 5.62. The molecule has 0 unspecified atom stereocenters. The fraction of sp³-hybridized carbons (Fsp3) is 0.435.